The first-order valence-corrected chi connectivity index (χ1v) is 12.9. The van der Waals surface area contributed by atoms with Crippen LogP contribution in [0.4, 0.5) is 21.9 Å². The number of carbonyl (C=O) groups is 2. The number of nitrogens with zero attached hydrogens (tertiary/aromatic N) is 5. The zero-order chi connectivity index (χ0) is 26.1. The number of anilines is 2. The second kappa shape index (κ2) is 10.3. The lowest BCUT2D eigenvalue weighted by Crippen LogP contribution is -2.62. The van der Waals surface area contributed by atoms with E-state index >= 15 is 0 Å². The maximum absolute atomic E-state index is 13.9. The molecular weight excluding hydrogens is 474 g/mol. The van der Waals surface area contributed by atoms with E-state index in [4.69, 9.17) is 4.74 Å². The number of ether oxygens (including phenoxy) is 1. The van der Waals surface area contributed by atoms with Gasteiger partial charge in [-0.2, -0.15) is 0 Å². The van der Waals surface area contributed by atoms with Crippen LogP contribution < -0.4 is 9.80 Å². The Morgan fingerprint density at radius 3 is 2.38 bits per heavy atom. The predicted molar refractivity (Wildman–Crippen MR) is 140 cm³/mol. The molecule has 2 atom stereocenters. The third-order valence-electron chi connectivity index (χ3n) is 7.74. The molecule has 2 aromatic carbocycles. The van der Waals surface area contributed by atoms with Crippen molar-refractivity contribution in [3.05, 3.63) is 63.7 Å². The molecule has 2 amide bonds. The number of hydrogen-bond donors (Lipinski definition) is 0. The Kier molecular flexibility index (Phi) is 6.90. The summed E-state index contributed by atoms with van der Waals surface area (Å²) in [6.07, 6.45) is 0.109. The van der Waals surface area contributed by atoms with Gasteiger partial charge in [-0.05, 0) is 44.0 Å². The summed E-state index contributed by atoms with van der Waals surface area (Å²) >= 11 is 0. The summed E-state index contributed by atoms with van der Waals surface area (Å²) in [6, 6.07) is 13.4. The molecule has 3 heterocycles. The molecule has 5 rings (SSSR count). The minimum atomic E-state index is -0.382. The number of piperazine rings is 2. The van der Waals surface area contributed by atoms with Gasteiger partial charge in [0.2, 0.25) is 5.91 Å². The number of hydrogen-bond acceptors (Lipinski definition) is 7. The smallest absolute Gasteiger partial charge is 0.409 e. The fraction of sp³-hybridized carbons (Fsp3) is 0.481. The van der Waals surface area contributed by atoms with Crippen LogP contribution in [0, 0.1) is 23.0 Å². The highest BCUT2D eigenvalue weighted by atomic mass is 16.6. The zero-order valence-electron chi connectivity index (χ0n) is 21.3. The molecule has 2 fully saturated rings. The van der Waals surface area contributed by atoms with Crippen molar-refractivity contribution in [3.8, 4) is 0 Å². The number of fused-ring (bicyclic) bond motifs is 3. The van der Waals surface area contributed by atoms with Gasteiger partial charge in [0.25, 0.3) is 5.69 Å². The number of amides is 2. The van der Waals surface area contributed by atoms with Gasteiger partial charge in [-0.25, -0.2) is 4.79 Å². The van der Waals surface area contributed by atoms with E-state index in [-0.39, 0.29) is 34.6 Å². The van der Waals surface area contributed by atoms with Crippen LogP contribution in [0.5, 0.6) is 0 Å². The lowest BCUT2D eigenvalue weighted by Gasteiger charge is -2.50. The fourth-order valence-electron chi connectivity index (χ4n) is 5.76. The number of nitro groups is 1. The van der Waals surface area contributed by atoms with Gasteiger partial charge in [0.05, 0.1) is 23.5 Å². The maximum Gasteiger partial charge on any atom is 0.409 e. The first kappa shape index (κ1) is 24.9. The summed E-state index contributed by atoms with van der Waals surface area (Å²) < 4.78 is 5.11. The quantitative estimate of drug-likeness (QED) is 0.463. The van der Waals surface area contributed by atoms with Crippen LogP contribution in [0.25, 0.3) is 0 Å². The molecule has 0 unspecified atom stereocenters. The summed E-state index contributed by atoms with van der Waals surface area (Å²) in [7, 11) is 0. The Labute approximate surface area is 216 Å². The number of nitro benzene ring substituents is 1. The van der Waals surface area contributed by atoms with Crippen molar-refractivity contribution in [2.75, 3.05) is 62.2 Å². The molecule has 0 bridgehead atoms. The van der Waals surface area contributed by atoms with Crippen LogP contribution in [-0.4, -0.2) is 85.2 Å². The van der Waals surface area contributed by atoms with E-state index in [1.54, 1.807) is 24.0 Å². The highest BCUT2D eigenvalue weighted by Gasteiger charge is 2.44. The monoisotopic (exact) mass is 507 g/mol. The van der Waals surface area contributed by atoms with Gasteiger partial charge >= 0.3 is 6.09 Å². The molecule has 3 aliphatic heterocycles. The minimum Gasteiger partial charge on any atom is -0.450 e. The van der Waals surface area contributed by atoms with Crippen LogP contribution in [0.15, 0.2) is 42.5 Å². The van der Waals surface area contributed by atoms with Gasteiger partial charge in [-0.3, -0.25) is 14.9 Å². The Bertz CT molecular complexity index is 1180. The highest BCUT2D eigenvalue weighted by Crippen LogP contribution is 2.39. The van der Waals surface area contributed by atoms with E-state index in [0.717, 1.165) is 30.0 Å². The lowest BCUT2D eigenvalue weighted by atomic mass is 9.82. The normalized spacial score (nSPS) is 21.2. The summed E-state index contributed by atoms with van der Waals surface area (Å²) in [5, 5.41) is 11.5. The lowest BCUT2D eigenvalue weighted by molar-refractivity contribution is -0.384. The first-order valence-electron chi connectivity index (χ1n) is 12.9. The van der Waals surface area contributed by atoms with Gasteiger partial charge in [0.1, 0.15) is 0 Å². The Morgan fingerprint density at radius 2 is 1.70 bits per heavy atom. The van der Waals surface area contributed by atoms with Crippen LogP contribution in [0.1, 0.15) is 18.1 Å². The molecule has 0 radical (unpaired) electrons. The number of non-ortho nitro benzene ring substituents is 1. The van der Waals surface area contributed by atoms with Crippen molar-refractivity contribution in [2.45, 2.75) is 26.3 Å². The average Bonchev–Trinajstić information content (AvgIpc) is 2.92. The standard InChI is InChI=1S/C27H33N5O5/c1-3-37-27(34)29-12-10-28(11-13-29)26(33)23-17-20-16-22(32(35)36)8-9-24(20)31-15-14-30(18-25(23)31)21-6-4-19(2)5-7-21/h4-9,16,23,25H,3,10-15,17-18H2,1-2H3/t23-,25+/m0/s1. The van der Waals surface area contributed by atoms with Crippen molar-refractivity contribution < 1.29 is 19.2 Å². The molecular formula is C27H33N5O5. The van der Waals surface area contributed by atoms with Gasteiger partial charge < -0.3 is 24.3 Å². The molecule has 0 N–H and O–H groups in total. The molecule has 2 aromatic rings. The Balaban J connectivity index is 1.40. The summed E-state index contributed by atoms with van der Waals surface area (Å²) in [5.41, 5.74) is 4.21. The van der Waals surface area contributed by atoms with Crippen LogP contribution >= 0.6 is 0 Å². The molecule has 3 aliphatic rings. The van der Waals surface area contributed by atoms with Crippen molar-refractivity contribution >= 4 is 29.1 Å². The van der Waals surface area contributed by atoms with Crippen molar-refractivity contribution in [1.82, 2.24) is 9.80 Å². The third-order valence-corrected chi connectivity index (χ3v) is 7.74. The van der Waals surface area contributed by atoms with Crippen molar-refractivity contribution in [2.24, 2.45) is 5.92 Å². The van der Waals surface area contributed by atoms with E-state index < -0.39 is 0 Å². The van der Waals surface area contributed by atoms with Gasteiger partial charge in [-0.15, -0.1) is 0 Å². The van der Waals surface area contributed by atoms with E-state index in [1.165, 1.54) is 5.56 Å². The van der Waals surface area contributed by atoms with E-state index in [0.29, 0.717) is 45.8 Å². The molecule has 0 aromatic heterocycles. The topological polar surface area (TPSA) is 99.5 Å². The van der Waals surface area contributed by atoms with Crippen LogP contribution in [-0.2, 0) is 16.0 Å². The number of benzene rings is 2. The molecule has 0 spiro atoms. The van der Waals surface area contributed by atoms with Crippen LogP contribution in [0.2, 0.25) is 0 Å². The second-order valence-corrected chi connectivity index (χ2v) is 9.93. The van der Waals surface area contributed by atoms with Crippen molar-refractivity contribution in [3.63, 3.8) is 0 Å². The molecule has 37 heavy (non-hydrogen) atoms. The minimum absolute atomic E-state index is 0.0430. The fourth-order valence-corrected chi connectivity index (χ4v) is 5.76. The molecule has 10 nitrogen and oxygen atoms in total. The molecule has 0 saturated carbocycles. The molecule has 0 aliphatic carbocycles. The van der Waals surface area contributed by atoms with Crippen LogP contribution in [0.3, 0.4) is 0 Å². The molecule has 10 heteroatoms. The highest BCUT2D eigenvalue weighted by molar-refractivity contribution is 5.83. The average molecular weight is 508 g/mol. The largest absolute Gasteiger partial charge is 0.450 e. The molecule has 196 valence electrons. The Hall–Kier alpha value is -3.82. The SMILES string of the molecule is CCOC(=O)N1CCN(C(=O)[C@H]2Cc3cc([N+](=O)[O-])ccc3N3CCN(c4ccc(C)cc4)C[C@H]23)CC1. The summed E-state index contributed by atoms with van der Waals surface area (Å²) in [4.78, 5) is 45.2. The second-order valence-electron chi connectivity index (χ2n) is 9.93. The first-order chi connectivity index (χ1) is 17.9. The van der Waals surface area contributed by atoms with Crippen molar-refractivity contribution in [1.29, 1.82) is 0 Å². The van der Waals surface area contributed by atoms with E-state index in [1.807, 2.05) is 11.0 Å². The van der Waals surface area contributed by atoms with E-state index in [2.05, 4.69) is 41.0 Å². The molecule has 2 saturated heterocycles. The number of carbonyl (C=O) groups excluding carboxylic acids is 2. The maximum atomic E-state index is 13.9. The number of rotatable bonds is 4. The predicted octanol–water partition coefficient (Wildman–Crippen LogP) is 3.07. The van der Waals surface area contributed by atoms with E-state index in [9.17, 15) is 19.7 Å². The van der Waals surface area contributed by atoms with Gasteiger partial charge in [0, 0.05) is 69.3 Å². The van der Waals surface area contributed by atoms with Gasteiger partial charge in [0.15, 0.2) is 0 Å². The van der Waals surface area contributed by atoms with Gasteiger partial charge in [-0.1, -0.05) is 17.7 Å². The summed E-state index contributed by atoms with van der Waals surface area (Å²) in [5.74, 6) is -0.293. The third kappa shape index (κ3) is 4.92. The number of aryl methyl sites for hydroxylation is 1. The Morgan fingerprint density at radius 1 is 1.00 bits per heavy atom. The zero-order valence-corrected chi connectivity index (χ0v) is 21.3. The summed E-state index contributed by atoms with van der Waals surface area (Å²) in [6.45, 7) is 8.15.